The molecular weight excluding hydrogens is 336 g/mol. The molecule has 1 unspecified atom stereocenters. The number of aliphatic imine (C=N–C) groups is 1. The number of aromatic nitrogens is 1. The van der Waals surface area contributed by atoms with Crippen LogP contribution in [0.15, 0.2) is 40.7 Å². The normalized spacial score (nSPS) is 25.3. The van der Waals surface area contributed by atoms with E-state index in [1.807, 2.05) is 25.3 Å². The van der Waals surface area contributed by atoms with Crippen LogP contribution in [0.5, 0.6) is 0 Å². The van der Waals surface area contributed by atoms with E-state index in [2.05, 4.69) is 42.0 Å². The Morgan fingerprint density at radius 1 is 1.33 bits per heavy atom. The van der Waals surface area contributed by atoms with Crippen LogP contribution in [0.2, 0.25) is 0 Å². The molecule has 0 radical (unpaired) electrons. The lowest BCUT2D eigenvalue weighted by Crippen LogP contribution is -2.59. The molecule has 1 atom stereocenters. The van der Waals surface area contributed by atoms with Gasteiger partial charge in [-0.2, -0.15) is 0 Å². The largest absolute Gasteiger partial charge is 0.360 e. The fourth-order valence-electron chi connectivity index (χ4n) is 4.13. The second kappa shape index (κ2) is 8.59. The molecule has 1 aromatic heterocycles. The zero-order valence-electron chi connectivity index (χ0n) is 17.0. The number of amides is 1. The van der Waals surface area contributed by atoms with Crippen molar-refractivity contribution in [3.05, 3.63) is 41.4 Å². The first-order valence-electron chi connectivity index (χ1n) is 10.3. The molecule has 1 aromatic rings. The molecule has 2 heterocycles. The fourth-order valence-corrected chi connectivity index (χ4v) is 4.13. The number of hydrogen-bond acceptors (Lipinski definition) is 2. The number of H-pyrrole nitrogens is 1. The third-order valence-electron chi connectivity index (χ3n) is 5.78. The molecule has 1 saturated heterocycles. The average Bonchev–Trinajstić information content (AvgIpc) is 3.39. The molecule has 1 saturated carbocycles. The van der Waals surface area contributed by atoms with Crippen LogP contribution >= 0.6 is 0 Å². The van der Waals surface area contributed by atoms with Gasteiger partial charge in [0.2, 0.25) is 5.91 Å². The van der Waals surface area contributed by atoms with E-state index in [-0.39, 0.29) is 11.9 Å². The summed E-state index contributed by atoms with van der Waals surface area (Å²) < 4.78 is 0. The molecule has 27 heavy (non-hydrogen) atoms. The number of nitrogens with one attached hydrogen (secondary N) is 2. The summed E-state index contributed by atoms with van der Waals surface area (Å²) in [6, 6.07) is 4.30. The van der Waals surface area contributed by atoms with Gasteiger partial charge in [0.1, 0.15) is 6.04 Å². The van der Waals surface area contributed by atoms with E-state index in [0.29, 0.717) is 6.04 Å². The van der Waals surface area contributed by atoms with Crippen LogP contribution in [0.3, 0.4) is 0 Å². The van der Waals surface area contributed by atoms with Gasteiger partial charge in [0.15, 0.2) is 5.84 Å². The highest BCUT2D eigenvalue weighted by Crippen LogP contribution is 2.31. The third kappa shape index (κ3) is 3.87. The van der Waals surface area contributed by atoms with Gasteiger partial charge in [-0.3, -0.25) is 4.79 Å². The summed E-state index contributed by atoms with van der Waals surface area (Å²) in [7, 11) is 0. The zero-order chi connectivity index (χ0) is 19.4. The monoisotopic (exact) mass is 368 g/mol. The summed E-state index contributed by atoms with van der Waals surface area (Å²) in [4.78, 5) is 23.5. The van der Waals surface area contributed by atoms with Crippen LogP contribution in [-0.2, 0) is 4.79 Å². The maximum atomic E-state index is 12.7. The quantitative estimate of drug-likeness (QED) is 0.797. The molecule has 1 aliphatic carbocycles. The Morgan fingerprint density at radius 2 is 2.07 bits per heavy atom. The highest BCUT2D eigenvalue weighted by molar-refractivity contribution is 6.09. The van der Waals surface area contributed by atoms with E-state index in [0.717, 1.165) is 48.6 Å². The Bertz CT molecular complexity index is 751. The van der Waals surface area contributed by atoms with Crippen molar-refractivity contribution in [2.24, 2.45) is 4.99 Å². The van der Waals surface area contributed by atoms with Crippen LogP contribution in [0, 0.1) is 0 Å². The molecule has 2 fully saturated rings. The van der Waals surface area contributed by atoms with E-state index in [1.54, 1.807) is 0 Å². The molecule has 0 aromatic carbocycles. The summed E-state index contributed by atoms with van der Waals surface area (Å²) >= 11 is 0. The first-order valence-corrected chi connectivity index (χ1v) is 10.3. The van der Waals surface area contributed by atoms with E-state index < -0.39 is 0 Å². The summed E-state index contributed by atoms with van der Waals surface area (Å²) in [6.07, 6.45) is 10.3. The Balaban J connectivity index is 2.14. The molecule has 0 spiro atoms. The minimum Gasteiger partial charge on any atom is -0.360 e. The summed E-state index contributed by atoms with van der Waals surface area (Å²) in [5.74, 6) is 1.00. The third-order valence-corrected chi connectivity index (χ3v) is 5.78. The number of carbonyl (C=O) groups excluding carboxylic acids is 1. The highest BCUT2D eigenvalue weighted by Gasteiger charge is 2.39. The van der Waals surface area contributed by atoms with Crippen molar-refractivity contribution in [1.82, 2.24) is 15.2 Å². The van der Waals surface area contributed by atoms with Crippen molar-refractivity contribution in [2.75, 3.05) is 0 Å². The van der Waals surface area contributed by atoms with Gasteiger partial charge in [-0.1, -0.05) is 32.8 Å². The standard InChI is InChI=1S/C22H32N4O/c1-5-15(4)20(18-13-10-14-23-18)25-21-17(6-2)24-22(27)19(7-3)26(21)16-11-8-9-12-16/h6,10,13-14,16,19,23H,5,7-9,11-12H2,1-4H3,(H,24,27). The lowest BCUT2D eigenvalue weighted by molar-refractivity contribution is -0.125. The highest BCUT2D eigenvalue weighted by atomic mass is 16.2. The van der Waals surface area contributed by atoms with Gasteiger partial charge in [0.05, 0.1) is 17.1 Å². The molecular formula is C22H32N4O. The van der Waals surface area contributed by atoms with E-state index in [9.17, 15) is 4.79 Å². The van der Waals surface area contributed by atoms with Crippen molar-refractivity contribution in [3.63, 3.8) is 0 Å². The van der Waals surface area contributed by atoms with Crippen molar-refractivity contribution >= 4 is 17.4 Å². The summed E-state index contributed by atoms with van der Waals surface area (Å²) in [5, 5.41) is 3.10. The van der Waals surface area contributed by atoms with Gasteiger partial charge in [0.25, 0.3) is 0 Å². The topological polar surface area (TPSA) is 60.5 Å². The number of hydrogen-bond donors (Lipinski definition) is 2. The van der Waals surface area contributed by atoms with Crippen LogP contribution in [0.25, 0.3) is 5.70 Å². The van der Waals surface area contributed by atoms with Crippen LogP contribution in [0.4, 0.5) is 0 Å². The first-order chi connectivity index (χ1) is 13.1. The average molecular weight is 369 g/mol. The van der Waals surface area contributed by atoms with E-state index in [4.69, 9.17) is 4.99 Å². The smallest absolute Gasteiger partial charge is 0.247 e. The lowest BCUT2D eigenvalue weighted by Gasteiger charge is -2.42. The molecule has 2 N–H and O–H groups in total. The number of piperazine rings is 1. The molecule has 5 heteroatoms. The molecule has 5 nitrogen and oxygen atoms in total. The number of allylic oxidation sites excluding steroid dienone is 2. The van der Waals surface area contributed by atoms with Gasteiger partial charge in [-0.25, -0.2) is 4.99 Å². The number of amidine groups is 1. The maximum absolute atomic E-state index is 12.7. The van der Waals surface area contributed by atoms with E-state index >= 15 is 0 Å². The molecule has 2 aliphatic rings. The van der Waals surface area contributed by atoms with Gasteiger partial charge in [-0.05, 0) is 57.2 Å². The van der Waals surface area contributed by atoms with Crippen LogP contribution in [0.1, 0.15) is 71.9 Å². The molecule has 146 valence electrons. The summed E-state index contributed by atoms with van der Waals surface area (Å²) in [5.41, 5.74) is 4.06. The van der Waals surface area contributed by atoms with Gasteiger partial charge in [-0.15, -0.1) is 0 Å². The zero-order valence-corrected chi connectivity index (χ0v) is 17.0. The Morgan fingerprint density at radius 3 is 2.63 bits per heavy atom. The number of nitrogens with zero attached hydrogens (tertiary/aromatic N) is 2. The molecule has 0 bridgehead atoms. The Labute approximate surface area is 162 Å². The maximum Gasteiger partial charge on any atom is 0.247 e. The Kier molecular flexibility index (Phi) is 6.19. The number of rotatable bonds is 5. The lowest BCUT2D eigenvalue weighted by atomic mass is 10.0. The van der Waals surface area contributed by atoms with Gasteiger partial charge >= 0.3 is 0 Å². The van der Waals surface area contributed by atoms with Crippen molar-refractivity contribution in [3.8, 4) is 0 Å². The van der Waals surface area contributed by atoms with Crippen molar-refractivity contribution < 1.29 is 4.79 Å². The molecule has 1 amide bonds. The van der Waals surface area contributed by atoms with Gasteiger partial charge < -0.3 is 15.2 Å². The second-order valence-electron chi connectivity index (χ2n) is 7.46. The number of carbonyl (C=O) groups is 1. The minimum atomic E-state index is -0.151. The second-order valence-corrected chi connectivity index (χ2v) is 7.46. The van der Waals surface area contributed by atoms with Gasteiger partial charge in [0, 0.05) is 12.2 Å². The van der Waals surface area contributed by atoms with Crippen molar-refractivity contribution in [1.29, 1.82) is 0 Å². The Hall–Kier alpha value is -2.30. The predicted octanol–water partition coefficient (Wildman–Crippen LogP) is 4.61. The van der Waals surface area contributed by atoms with Crippen LogP contribution in [-0.4, -0.2) is 33.7 Å². The van der Waals surface area contributed by atoms with Crippen LogP contribution < -0.4 is 5.32 Å². The molecule has 1 aliphatic heterocycles. The number of aromatic amines is 1. The summed E-state index contributed by atoms with van der Waals surface area (Å²) in [6.45, 7) is 8.34. The predicted molar refractivity (Wildman–Crippen MR) is 111 cm³/mol. The SMILES string of the molecule is CC=C1NC(=O)C(CC)N(C2CCCC2)C1=NC(=C(C)CC)c1ccc[nH]1. The van der Waals surface area contributed by atoms with E-state index in [1.165, 1.54) is 18.4 Å². The minimum absolute atomic E-state index is 0.0917. The van der Waals surface area contributed by atoms with Crippen molar-refractivity contribution in [2.45, 2.75) is 78.3 Å². The first kappa shape index (κ1) is 19.5. The molecule has 3 rings (SSSR count). The fraction of sp³-hybridized carbons (Fsp3) is 0.545.